The summed E-state index contributed by atoms with van der Waals surface area (Å²) in [5.41, 5.74) is 0.619. The second-order valence-corrected chi connectivity index (χ2v) is 5.60. The van der Waals surface area contributed by atoms with E-state index in [1.165, 1.54) is 23.5 Å². The summed E-state index contributed by atoms with van der Waals surface area (Å²) in [6.45, 7) is 4.64. The zero-order valence-corrected chi connectivity index (χ0v) is 10.9. The summed E-state index contributed by atoms with van der Waals surface area (Å²) < 4.78 is 19.0. The number of ether oxygens (including phenoxy) is 1. The van der Waals surface area contributed by atoms with Gasteiger partial charge in [-0.05, 0) is 32.0 Å². The normalized spacial score (nSPS) is 12.0. The first-order chi connectivity index (χ1) is 8.00. The number of benzene rings is 1. The molecule has 92 valence electrons. The van der Waals surface area contributed by atoms with E-state index in [0.29, 0.717) is 6.61 Å². The van der Waals surface area contributed by atoms with Crippen molar-refractivity contribution in [3.05, 3.63) is 24.0 Å². The van der Waals surface area contributed by atoms with Gasteiger partial charge in [0, 0.05) is 7.11 Å². The first kappa shape index (κ1) is 12.3. The molecule has 17 heavy (non-hydrogen) atoms. The van der Waals surface area contributed by atoms with Crippen molar-refractivity contribution in [2.75, 3.05) is 19.0 Å². The summed E-state index contributed by atoms with van der Waals surface area (Å²) in [6, 6.07) is 4.61. The average Bonchev–Trinajstić information content (AvgIpc) is 2.57. The van der Waals surface area contributed by atoms with Gasteiger partial charge in [0.1, 0.15) is 5.82 Å². The van der Waals surface area contributed by atoms with Crippen molar-refractivity contribution in [2.45, 2.75) is 19.4 Å². The van der Waals surface area contributed by atoms with Crippen LogP contribution in [0.25, 0.3) is 10.2 Å². The zero-order chi connectivity index (χ0) is 12.5. The topological polar surface area (TPSA) is 34.1 Å². The van der Waals surface area contributed by atoms with Crippen molar-refractivity contribution in [1.29, 1.82) is 0 Å². The molecule has 3 nitrogen and oxygen atoms in total. The van der Waals surface area contributed by atoms with Gasteiger partial charge in [0.05, 0.1) is 22.4 Å². The number of halogens is 1. The van der Waals surface area contributed by atoms with Gasteiger partial charge in [0.15, 0.2) is 5.13 Å². The molecule has 0 amide bonds. The predicted molar refractivity (Wildman–Crippen MR) is 69.2 cm³/mol. The number of hydrogen-bond donors (Lipinski definition) is 1. The van der Waals surface area contributed by atoms with E-state index in [4.69, 9.17) is 4.74 Å². The number of thiazole rings is 1. The molecule has 0 unspecified atom stereocenters. The Morgan fingerprint density at radius 2 is 2.24 bits per heavy atom. The summed E-state index contributed by atoms with van der Waals surface area (Å²) >= 11 is 1.45. The van der Waals surface area contributed by atoms with Crippen LogP contribution in [0.1, 0.15) is 13.8 Å². The van der Waals surface area contributed by atoms with E-state index >= 15 is 0 Å². The Morgan fingerprint density at radius 3 is 2.94 bits per heavy atom. The second kappa shape index (κ2) is 4.58. The molecule has 1 N–H and O–H groups in total. The lowest BCUT2D eigenvalue weighted by Gasteiger charge is -2.24. The van der Waals surface area contributed by atoms with E-state index in [1.54, 1.807) is 13.2 Å². The molecule has 0 saturated carbocycles. The maximum Gasteiger partial charge on any atom is 0.184 e. The molecule has 0 atom stereocenters. The van der Waals surface area contributed by atoms with Crippen molar-refractivity contribution in [3.63, 3.8) is 0 Å². The van der Waals surface area contributed by atoms with Crippen LogP contribution in [0, 0.1) is 5.82 Å². The quantitative estimate of drug-likeness (QED) is 0.909. The Bertz CT molecular complexity index is 524. The third kappa shape index (κ3) is 2.92. The molecule has 0 aliphatic carbocycles. The minimum Gasteiger partial charge on any atom is -0.382 e. The summed E-state index contributed by atoms with van der Waals surface area (Å²) in [5.74, 6) is -0.233. The van der Waals surface area contributed by atoms with E-state index in [-0.39, 0.29) is 11.4 Å². The highest BCUT2D eigenvalue weighted by molar-refractivity contribution is 7.22. The van der Waals surface area contributed by atoms with Gasteiger partial charge in [-0.25, -0.2) is 9.37 Å². The zero-order valence-electron chi connectivity index (χ0n) is 10.1. The van der Waals surface area contributed by atoms with Gasteiger partial charge in [-0.1, -0.05) is 11.3 Å². The molecule has 0 radical (unpaired) electrons. The van der Waals surface area contributed by atoms with Crippen LogP contribution in [0.2, 0.25) is 0 Å². The van der Waals surface area contributed by atoms with Gasteiger partial charge in [-0.2, -0.15) is 0 Å². The highest BCUT2D eigenvalue weighted by atomic mass is 32.1. The van der Waals surface area contributed by atoms with Crippen LogP contribution in [-0.2, 0) is 4.74 Å². The minimum atomic E-state index is -0.233. The summed E-state index contributed by atoms with van der Waals surface area (Å²) in [6.07, 6.45) is 0. The molecular weight excluding hydrogens is 239 g/mol. The molecule has 1 aromatic carbocycles. The van der Waals surface area contributed by atoms with Gasteiger partial charge in [0.2, 0.25) is 0 Å². The molecule has 1 aromatic heterocycles. The van der Waals surface area contributed by atoms with E-state index in [1.807, 2.05) is 13.8 Å². The molecule has 0 aliphatic rings. The van der Waals surface area contributed by atoms with Gasteiger partial charge >= 0.3 is 0 Å². The van der Waals surface area contributed by atoms with Crippen LogP contribution < -0.4 is 5.32 Å². The Hall–Kier alpha value is -1.20. The summed E-state index contributed by atoms with van der Waals surface area (Å²) in [5, 5.41) is 4.07. The number of nitrogens with zero attached hydrogens (tertiary/aromatic N) is 1. The number of hydrogen-bond acceptors (Lipinski definition) is 4. The first-order valence-corrected chi connectivity index (χ1v) is 6.15. The summed E-state index contributed by atoms with van der Waals surface area (Å²) in [4.78, 5) is 4.41. The first-order valence-electron chi connectivity index (χ1n) is 5.33. The van der Waals surface area contributed by atoms with Crippen molar-refractivity contribution >= 4 is 26.7 Å². The average molecular weight is 254 g/mol. The van der Waals surface area contributed by atoms with E-state index in [9.17, 15) is 4.39 Å². The Labute approximate surface area is 104 Å². The summed E-state index contributed by atoms with van der Waals surface area (Å²) in [7, 11) is 1.66. The lowest BCUT2D eigenvalue weighted by atomic mass is 10.1. The number of fused-ring (bicyclic) bond motifs is 1. The van der Waals surface area contributed by atoms with E-state index < -0.39 is 0 Å². The maximum absolute atomic E-state index is 13.0. The van der Waals surface area contributed by atoms with Gasteiger partial charge in [-0.3, -0.25) is 0 Å². The van der Waals surface area contributed by atoms with Crippen molar-refractivity contribution < 1.29 is 9.13 Å². The van der Waals surface area contributed by atoms with Crippen LogP contribution in [0.5, 0.6) is 0 Å². The maximum atomic E-state index is 13.0. The SMILES string of the molecule is COCC(C)(C)Nc1nc2ccc(F)cc2s1. The van der Waals surface area contributed by atoms with Crippen LogP contribution >= 0.6 is 11.3 Å². The molecule has 2 rings (SSSR count). The van der Waals surface area contributed by atoms with Crippen LogP contribution in [0.4, 0.5) is 9.52 Å². The monoisotopic (exact) mass is 254 g/mol. The molecular formula is C12H15FN2OS. The second-order valence-electron chi connectivity index (χ2n) is 4.57. The van der Waals surface area contributed by atoms with Crippen molar-refractivity contribution in [3.8, 4) is 0 Å². The molecule has 5 heteroatoms. The van der Waals surface area contributed by atoms with Crippen molar-refractivity contribution in [2.24, 2.45) is 0 Å². The fraction of sp³-hybridized carbons (Fsp3) is 0.417. The van der Waals surface area contributed by atoms with E-state index in [2.05, 4.69) is 10.3 Å². The van der Waals surface area contributed by atoms with Gasteiger partial charge < -0.3 is 10.1 Å². The molecule has 1 heterocycles. The smallest absolute Gasteiger partial charge is 0.184 e. The molecule has 0 spiro atoms. The highest BCUT2D eigenvalue weighted by Crippen LogP contribution is 2.28. The third-order valence-corrected chi connectivity index (χ3v) is 3.23. The lowest BCUT2D eigenvalue weighted by Crippen LogP contribution is -2.35. The van der Waals surface area contributed by atoms with Gasteiger partial charge in [-0.15, -0.1) is 0 Å². The number of rotatable bonds is 4. The number of nitrogens with one attached hydrogen (secondary N) is 1. The number of methoxy groups -OCH3 is 1. The fourth-order valence-electron chi connectivity index (χ4n) is 1.64. The fourth-order valence-corrected chi connectivity index (χ4v) is 2.71. The number of aromatic nitrogens is 1. The standard InChI is InChI=1S/C12H15FN2OS/c1-12(2,7-16-3)15-11-14-9-5-4-8(13)6-10(9)17-11/h4-6H,7H2,1-3H3,(H,14,15). The number of anilines is 1. The van der Waals surface area contributed by atoms with Crippen molar-refractivity contribution in [1.82, 2.24) is 4.98 Å². The third-order valence-electron chi connectivity index (χ3n) is 2.30. The molecule has 0 fully saturated rings. The molecule has 0 aliphatic heterocycles. The Morgan fingerprint density at radius 1 is 1.47 bits per heavy atom. The highest BCUT2D eigenvalue weighted by Gasteiger charge is 2.19. The largest absolute Gasteiger partial charge is 0.382 e. The molecule has 2 aromatic rings. The predicted octanol–water partition coefficient (Wildman–Crippen LogP) is 3.27. The van der Waals surface area contributed by atoms with Crippen LogP contribution in [0.3, 0.4) is 0 Å². The molecule has 0 bridgehead atoms. The Balaban J connectivity index is 2.25. The van der Waals surface area contributed by atoms with Gasteiger partial charge in [0.25, 0.3) is 0 Å². The Kier molecular flexibility index (Phi) is 3.31. The lowest BCUT2D eigenvalue weighted by molar-refractivity contribution is 0.158. The van der Waals surface area contributed by atoms with Crippen LogP contribution in [-0.4, -0.2) is 24.2 Å². The van der Waals surface area contributed by atoms with Crippen LogP contribution in [0.15, 0.2) is 18.2 Å². The minimum absolute atomic E-state index is 0.193. The molecule has 0 saturated heterocycles. The van der Waals surface area contributed by atoms with E-state index in [0.717, 1.165) is 15.3 Å².